The molecule has 7 heteroatoms. The standard InChI is InChI=1S/C21H26N4O3/c1-14-7-6-10-25(12-14)20-19(23-17-8-4-5-9-18(17)24-20)16(11-22)21(26)28-15(2)13-27-3/h4-5,8-9,14-16H,6-7,10,12-13H2,1-3H3/t14-,15-,16-/m0/s1. The Bertz CT molecular complexity index is 880. The van der Waals surface area contributed by atoms with Gasteiger partial charge in [-0.05, 0) is 37.8 Å². The summed E-state index contributed by atoms with van der Waals surface area (Å²) in [7, 11) is 1.54. The van der Waals surface area contributed by atoms with E-state index in [2.05, 4.69) is 22.9 Å². The average Bonchev–Trinajstić information content (AvgIpc) is 2.68. The van der Waals surface area contributed by atoms with E-state index in [1.807, 2.05) is 24.3 Å². The molecule has 0 unspecified atom stereocenters. The number of fused-ring (bicyclic) bond motifs is 1. The quantitative estimate of drug-likeness (QED) is 0.710. The molecule has 0 bridgehead atoms. The molecule has 0 spiro atoms. The molecule has 3 atom stereocenters. The lowest BCUT2D eigenvalue weighted by Gasteiger charge is -2.33. The molecule has 0 saturated carbocycles. The zero-order valence-electron chi connectivity index (χ0n) is 16.6. The van der Waals surface area contributed by atoms with Crippen LogP contribution in [0.2, 0.25) is 0 Å². The molecular weight excluding hydrogens is 356 g/mol. The lowest BCUT2D eigenvalue weighted by atomic mass is 9.99. The Labute approximate surface area is 165 Å². The van der Waals surface area contributed by atoms with E-state index in [-0.39, 0.29) is 6.61 Å². The molecule has 0 radical (unpaired) electrons. The van der Waals surface area contributed by atoms with Crippen LogP contribution in [0.15, 0.2) is 24.3 Å². The van der Waals surface area contributed by atoms with Crippen LogP contribution in [0, 0.1) is 17.2 Å². The highest BCUT2D eigenvalue weighted by Crippen LogP contribution is 2.31. The van der Waals surface area contributed by atoms with Crippen LogP contribution in [0.25, 0.3) is 11.0 Å². The zero-order valence-corrected chi connectivity index (χ0v) is 16.6. The van der Waals surface area contributed by atoms with Crippen molar-refractivity contribution in [3.8, 4) is 6.07 Å². The van der Waals surface area contributed by atoms with Crippen LogP contribution >= 0.6 is 0 Å². The number of anilines is 1. The summed E-state index contributed by atoms with van der Waals surface area (Å²) in [4.78, 5) is 24.3. The van der Waals surface area contributed by atoms with Gasteiger partial charge >= 0.3 is 5.97 Å². The fraction of sp³-hybridized carbons (Fsp3) is 0.524. The fourth-order valence-electron chi connectivity index (χ4n) is 3.57. The molecule has 3 rings (SSSR count). The number of para-hydroxylation sites is 2. The lowest BCUT2D eigenvalue weighted by molar-refractivity contribution is -0.150. The number of methoxy groups -OCH3 is 1. The maximum Gasteiger partial charge on any atom is 0.330 e. The van der Waals surface area contributed by atoms with E-state index in [1.165, 1.54) is 7.11 Å². The Hall–Kier alpha value is -2.72. The number of hydrogen-bond acceptors (Lipinski definition) is 7. The van der Waals surface area contributed by atoms with Crippen molar-refractivity contribution in [2.75, 3.05) is 31.7 Å². The molecule has 1 saturated heterocycles. The number of aromatic nitrogens is 2. The van der Waals surface area contributed by atoms with Crippen molar-refractivity contribution in [2.45, 2.75) is 38.7 Å². The third-order valence-corrected chi connectivity index (χ3v) is 4.89. The zero-order chi connectivity index (χ0) is 20.1. The van der Waals surface area contributed by atoms with Gasteiger partial charge in [0.2, 0.25) is 0 Å². The second-order valence-electron chi connectivity index (χ2n) is 7.38. The van der Waals surface area contributed by atoms with Gasteiger partial charge in [-0.25, -0.2) is 9.97 Å². The summed E-state index contributed by atoms with van der Waals surface area (Å²) in [5.41, 5.74) is 1.77. The van der Waals surface area contributed by atoms with Crippen LogP contribution in [-0.4, -0.2) is 48.8 Å². The number of nitrogens with zero attached hydrogens (tertiary/aromatic N) is 4. The molecule has 1 aliphatic heterocycles. The number of esters is 1. The first-order valence-corrected chi connectivity index (χ1v) is 9.64. The summed E-state index contributed by atoms with van der Waals surface area (Å²) in [5, 5.41) is 9.77. The predicted molar refractivity (Wildman–Crippen MR) is 106 cm³/mol. The van der Waals surface area contributed by atoms with Gasteiger partial charge in [-0.1, -0.05) is 19.1 Å². The highest BCUT2D eigenvalue weighted by molar-refractivity contribution is 5.85. The second kappa shape index (κ2) is 8.98. The number of ether oxygens (including phenoxy) is 2. The van der Waals surface area contributed by atoms with Crippen LogP contribution < -0.4 is 4.90 Å². The number of nitriles is 1. The summed E-state index contributed by atoms with van der Waals surface area (Å²) < 4.78 is 10.4. The Balaban J connectivity index is 2.02. The highest BCUT2D eigenvalue weighted by Gasteiger charge is 2.32. The van der Waals surface area contributed by atoms with Crippen LogP contribution in [-0.2, 0) is 14.3 Å². The summed E-state index contributed by atoms with van der Waals surface area (Å²) in [6.07, 6.45) is 1.76. The van der Waals surface area contributed by atoms with E-state index in [4.69, 9.17) is 14.5 Å². The Kier molecular flexibility index (Phi) is 6.42. The van der Waals surface area contributed by atoms with Gasteiger partial charge in [0.05, 0.1) is 23.7 Å². The highest BCUT2D eigenvalue weighted by atomic mass is 16.6. The molecule has 1 aliphatic rings. The summed E-state index contributed by atoms with van der Waals surface area (Å²) in [6, 6.07) is 9.57. The first kappa shape index (κ1) is 20.0. The van der Waals surface area contributed by atoms with E-state index in [0.717, 1.165) is 31.4 Å². The Morgan fingerprint density at radius 3 is 2.71 bits per heavy atom. The monoisotopic (exact) mass is 382 g/mol. The topological polar surface area (TPSA) is 88.3 Å². The third-order valence-electron chi connectivity index (χ3n) is 4.89. The van der Waals surface area contributed by atoms with Crippen molar-refractivity contribution in [3.05, 3.63) is 30.0 Å². The van der Waals surface area contributed by atoms with Gasteiger partial charge in [0.15, 0.2) is 11.7 Å². The first-order valence-electron chi connectivity index (χ1n) is 9.64. The third kappa shape index (κ3) is 4.39. The van der Waals surface area contributed by atoms with Crippen LogP contribution in [0.1, 0.15) is 38.3 Å². The smallest absolute Gasteiger partial charge is 0.330 e. The number of piperidine rings is 1. The maximum atomic E-state index is 12.7. The SMILES string of the molecule is COC[C@H](C)OC(=O)[C@@H](C#N)c1nc2ccccc2nc1N1CCC[C@H](C)C1. The average molecular weight is 382 g/mol. The van der Waals surface area contributed by atoms with E-state index in [9.17, 15) is 10.1 Å². The fourth-order valence-corrected chi connectivity index (χ4v) is 3.57. The number of carbonyl (C=O) groups is 1. The molecule has 1 aromatic heterocycles. The first-order chi connectivity index (χ1) is 13.5. The van der Waals surface area contributed by atoms with Crippen molar-refractivity contribution in [1.29, 1.82) is 5.26 Å². The molecule has 0 N–H and O–H groups in total. The molecular formula is C21H26N4O3. The van der Waals surface area contributed by atoms with Gasteiger partial charge < -0.3 is 14.4 Å². The van der Waals surface area contributed by atoms with E-state index >= 15 is 0 Å². The van der Waals surface area contributed by atoms with Crippen molar-refractivity contribution in [1.82, 2.24) is 9.97 Å². The predicted octanol–water partition coefficient (Wildman–Crippen LogP) is 3.05. The maximum absolute atomic E-state index is 12.7. The normalized spacial score (nSPS) is 19.1. The van der Waals surface area contributed by atoms with Crippen LogP contribution in [0.5, 0.6) is 0 Å². The molecule has 148 valence electrons. The molecule has 2 aromatic rings. The number of hydrogen-bond donors (Lipinski definition) is 0. The minimum Gasteiger partial charge on any atom is -0.459 e. The number of carbonyl (C=O) groups excluding carboxylic acids is 1. The molecule has 2 heterocycles. The number of rotatable bonds is 6. The summed E-state index contributed by atoms with van der Waals surface area (Å²) in [6.45, 7) is 5.85. The van der Waals surface area contributed by atoms with Gasteiger partial charge in [-0.15, -0.1) is 0 Å². The van der Waals surface area contributed by atoms with E-state index in [0.29, 0.717) is 22.9 Å². The molecule has 1 aromatic carbocycles. The van der Waals surface area contributed by atoms with Crippen molar-refractivity contribution in [3.63, 3.8) is 0 Å². The molecule has 7 nitrogen and oxygen atoms in total. The van der Waals surface area contributed by atoms with Crippen LogP contribution in [0.3, 0.4) is 0 Å². The minimum atomic E-state index is -1.14. The van der Waals surface area contributed by atoms with Crippen molar-refractivity contribution in [2.24, 2.45) is 5.92 Å². The second-order valence-corrected chi connectivity index (χ2v) is 7.38. The van der Waals surface area contributed by atoms with E-state index < -0.39 is 18.0 Å². The van der Waals surface area contributed by atoms with Crippen molar-refractivity contribution < 1.29 is 14.3 Å². The minimum absolute atomic E-state index is 0.268. The largest absolute Gasteiger partial charge is 0.459 e. The van der Waals surface area contributed by atoms with Gasteiger partial charge in [-0.3, -0.25) is 4.79 Å². The van der Waals surface area contributed by atoms with Gasteiger partial charge in [0.1, 0.15) is 11.8 Å². The van der Waals surface area contributed by atoms with Crippen LogP contribution in [0.4, 0.5) is 5.82 Å². The van der Waals surface area contributed by atoms with Crippen molar-refractivity contribution >= 4 is 22.8 Å². The van der Waals surface area contributed by atoms with Gasteiger partial charge in [0, 0.05) is 20.2 Å². The summed E-state index contributed by atoms with van der Waals surface area (Å²) >= 11 is 0. The van der Waals surface area contributed by atoms with E-state index in [1.54, 1.807) is 6.92 Å². The summed E-state index contributed by atoms with van der Waals surface area (Å²) in [5.74, 6) is -0.635. The Morgan fingerprint density at radius 2 is 2.07 bits per heavy atom. The Morgan fingerprint density at radius 1 is 1.36 bits per heavy atom. The molecule has 0 aliphatic carbocycles. The molecule has 0 amide bonds. The lowest BCUT2D eigenvalue weighted by Crippen LogP contribution is -2.36. The molecule has 28 heavy (non-hydrogen) atoms. The van der Waals surface area contributed by atoms with Gasteiger partial charge in [-0.2, -0.15) is 5.26 Å². The van der Waals surface area contributed by atoms with Gasteiger partial charge in [0.25, 0.3) is 0 Å². The number of benzene rings is 1. The molecule has 1 fully saturated rings.